The molecule has 3 heteroatoms. The molecule has 0 saturated heterocycles. The highest BCUT2D eigenvalue weighted by atomic mass is 15.2. The van der Waals surface area contributed by atoms with Crippen molar-refractivity contribution in [2.24, 2.45) is 11.8 Å². The van der Waals surface area contributed by atoms with E-state index in [0.717, 1.165) is 30.0 Å². The molecule has 1 aliphatic rings. The molecule has 2 rings (SSSR count). The fraction of sp³-hybridized carbons (Fsp3) is 0.786. The Morgan fingerprint density at radius 2 is 1.94 bits per heavy atom. The molecule has 0 spiro atoms. The van der Waals surface area contributed by atoms with Crippen molar-refractivity contribution in [2.45, 2.75) is 53.0 Å². The summed E-state index contributed by atoms with van der Waals surface area (Å²) in [5.41, 5.74) is 1.12. The molecule has 1 aliphatic carbocycles. The van der Waals surface area contributed by atoms with E-state index in [1.807, 2.05) is 0 Å². The second-order valence-electron chi connectivity index (χ2n) is 5.71. The van der Waals surface area contributed by atoms with E-state index in [-0.39, 0.29) is 0 Å². The number of nitrogens with one attached hydrogen (secondary N) is 1. The van der Waals surface area contributed by atoms with E-state index in [4.69, 9.17) is 0 Å². The van der Waals surface area contributed by atoms with Crippen LogP contribution in [0.25, 0.3) is 0 Å². The number of hydrogen-bond donors (Lipinski definition) is 1. The maximum atomic E-state index is 4.58. The molecule has 1 aromatic rings. The summed E-state index contributed by atoms with van der Waals surface area (Å²) in [6, 6.07) is 0.629. The molecule has 0 radical (unpaired) electrons. The third-order valence-corrected chi connectivity index (χ3v) is 3.73. The van der Waals surface area contributed by atoms with Gasteiger partial charge in [0.25, 0.3) is 0 Å². The van der Waals surface area contributed by atoms with E-state index in [2.05, 4.69) is 48.8 Å². The Balaban J connectivity index is 2.20. The number of rotatable bonds is 3. The van der Waals surface area contributed by atoms with E-state index in [1.54, 1.807) is 0 Å². The molecule has 3 nitrogen and oxygen atoms in total. The zero-order chi connectivity index (χ0) is 12.4. The molecule has 1 saturated carbocycles. The van der Waals surface area contributed by atoms with Gasteiger partial charge in [-0.15, -0.1) is 0 Å². The summed E-state index contributed by atoms with van der Waals surface area (Å²) < 4.78 is 2.37. The first-order valence-corrected chi connectivity index (χ1v) is 6.89. The van der Waals surface area contributed by atoms with Gasteiger partial charge in [-0.3, -0.25) is 0 Å². The Kier molecular flexibility index (Phi) is 3.75. The van der Waals surface area contributed by atoms with Crippen LogP contribution in [0.4, 0.5) is 5.95 Å². The quantitative estimate of drug-likeness (QED) is 0.867. The summed E-state index contributed by atoms with van der Waals surface area (Å²) in [4.78, 5) is 4.58. The van der Waals surface area contributed by atoms with Crippen molar-refractivity contribution in [1.29, 1.82) is 0 Å². The van der Waals surface area contributed by atoms with Gasteiger partial charge in [-0.1, -0.05) is 13.8 Å². The van der Waals surface area contributed by atoms with Gasteiger partial charge in [0, 0.05) is 18.8 Å². The average Bonchev–Trinajstić information content (AvgIpc) is 2.58. The molecule has 0 aliphatic heterocycles. The second kappa shape index (κ2) is 5.11. The van der Waals surface area contributed by atoms with Gasteiger partial charge >= 0.3 is 0 Å². The number of hydrogen-bond acceptors (Lipinski definition) is 2. The molecule has 1 heterocycles. The highest BCUT2D eigenvalue weighted by molar-refractivity contribution is 5.29. The van der Waals surface area contributed by atoms with Gasteiger partial charge in [-0.25, -0.2) is 4.98 Å². The van der Waals surface area contributed by atoms with Crippen molar-refractivity contribution >= 4 is 5.95 Å². The molecule has 0 bridgehead atoms. The Morgan fingerprint density at radius 3 is 2.53 bits per heavy atom. The van der Waals surface area contributed by atoms with Crippen molar-refractivity contribution in [3.8, 4) is 0 Å². The van der Waals surface area contributed by atoms with Crippen LogP contribution < -0.4 is 5.32 Å². The van der Waals surface area contributed by atoms with Crippen LogP contribution in [0.3, 0.4) is 0 Å². The van der Waals surface area contributed by atoms with Gasteiger partial charge in [0.2, 0.25) is 5.95 Å². The summed E-state index contributed by atoms with van der Waals surface area (Å²) in [6.45, 7) is 9.89. The third-order valence-electron chi connectivity index (χ3n) is 3.73. The maximum Gasteiger partial charge on any atom is 0.203 e. The van der Waals surface area contributed by atoms with Crippen LogP contribution in [0.15, 0.2) is 6.20 Å². The van der Waals surface area contributed by atoms with Crippen molar-refractivity contribution in [1.82, 2.24) is 9.55 Å². The van der Waals surface area contributed by atoms with Crippen molar-refractivity contribution in [3.63, 3.8) is 0 Å². The van der Waals surface area contributed by atoms with Crippen molar-refractivity contribution < 1.29 is 0 Å². The lowest BCUT2D eigenvalue weighted by Crippen LogP contribution is -2.23. The number of aryl methyl sites for hydroxylation is 1. The van der Waals surface area contributed by atoms with Crippen LogP contribution in [0.1, 0.15) is 51.8 Å². The first kappa shape index (κ1) is 12.5. The first-order valence-electron chi connectivity index (χ1n) is 6.89. The Labute approximate surface area is 105 Å². The van der Waals surface area contributed by atoms with Crippen LogP contribution in [0, 0.1) is 18.8 Å². The van der Waals surface area contributed by atoms with Gasteiger partial charge in [0.15, 0.2) is 0 Å². The van der Waals surface area contributed by atoms with Gasteiger partial charge in [-0.2, -0.15) is 0 Å². The SMILES string of the molecule is CCNc1nc(C)cn1C1CC(C)CC(C)C1. The number of imidazole rings is 1. The predicted octanol–water partition coefficient (Wildman–Crippen LogP) is 3.62. The summed E-state index contributed by atoms with van der Waals surface area (Å²) in [6.07, 6.45) is 6.16. The molecule has 1 aromatic heterocycles. The van der Waals surface area contributed by atoms with E-state index in [9.17, 15) is 0 Å². The standard InChI is InChI=1S/C14H25N3/c1-5-15-14-16-12(4)9-17(14)13-7-10(2)6-11(3)8-13/h9-11,13H,5-8H2,1-4H3,(H,15,16). The monoisotopic (exact) mass is 235 g/mol. The van der Waals surface area contributed by atoms with Crippen molar-refractivity contribution in [3.05, 3.63) is 11.9 Å². The minimum absolute atomic E-state index is 0.629. The molecular weight excluding hydrogens is 210 g/mol. The van der Waals surface area contributed by atoms with Crippen LogP contribution in [-0.4, -0.2) is 16.1 Å². The summed E-state index contributed by atoms with van der Waals surface area (Å²) in [5.74, 6) is 2.72. The molecule has 0 amide bonds. The second-order valence-corrected chi connectivity index (χ2v) is 5.71. The van der Waals surface area contributed by atoms with Crippen LogP contribution in [-0.2, 0) is 0 Å². The van der Waals surface area contributed by atoms with E-state index in [1.165, 1.54) is 19.3 Å². The smallest absolute Gasteiger partial charge is 0.203 e. The molecule has 17 heavy (non-hydrogen) atoms. The van der Waals surface area contributed by atoms with E-state index in [0.29, 0.717) is 6.04 Å². The molecule has 2 atom stereocenters. The highest BCUT2D eigenvalue weighted by Crippen LogP contribution is 2.37. The van der Waals surface area contributed by atoms with Crippen molar-refractivity contribution in [2.75, 3.05) is 11.9 Å². The Bertz CT molecular complexity index is 360. The molecule has 96 valence electrons. The fourth-order valence-corrected chi connectivity index (χ4v) is 3.21. The van der Waals surface area contributed by atoms with Crippen LogP contribution >= 0.6 is 0 Å². The van der Waals surface area contributed by atoms with Gasteiger partial charge in [0.1, 0.15) is 0 Å². The lowest BCUT2D eigenvalue weighted by atomic mass is 9.80. The van der Waals surface area contributed by atoms with E-state index < -0.39 is 0 Å². The zero-order valence-corrected chi connectivity index (χ0v) is 11.5. The minimum atomic E-state index is 0.629. The lowest BCUT2D eigenvalue weighted by molar-refractivity contribution is 0.223. The predicted molar refractivity (Wildman–Crippen MR) is 72.3 cm³/mol. The third kappa shape index (κ3) is 2.82. The normalized spacial score (nSPS) is 29.3. The van der Waals surface area contributed by atoms with Gasteiger partial charge in [-0.05, 0) is 44.9 Å². The molecule has 1 N–H and O–H groups in total. The van der Waals surface area contributed by atoms with Gasteiger partial charge in [0.05, 0.1) is 5.69 Å². The number of nitrogens with zero attached hydrogens (tertiary/aromatic N) is 2. The molecular formula is C14H25N3. The maximum absolute atomic E-state index is 4.58. The average molecular weight is 235 g/mol. The summed E-state index contributed by atoms with van der Waals surface area (Å²) in [7, 11) is 0. The van der Waals surface area contributed by atoms with Crippen LogP contribution in [0.2, 0.25) is 0 Å². The zero-order valence-electron chi connectivity index (χ0n) is 11.5. The molecule has 0 aromatic carbocycles. The molecule has 1 fully saturated rings. The number of anilines is 1. The van der Waals surface area contributed by atoms with Gasteiger partial charge < -0.3 is 9.88 Å². The minimum Gasteiger partial charge on any atom is -0.356 e. The highest BCUT2D eigenvalue weighted by Gasteiger charge is 2.26. The topological polar surface area (TPSA) is 29.9 Å². The summed E-state index contributed by atoms with van der Waals surface area (Å²) in [5, 5.41) is 3.38. The molecule has 2 unspecified atom stereocenters. The fourth-order valence-electron chi connectivity index (χ4n) is 3.21. The summed E-state index contributed by atoms with van der Waals surface area (Å²) >= 11 is 0. The first-order chi connectivity index (χ1) is 8.10. The largest absolute Gasteiger partial charge is 0.356 e. The van der Waals surface area contributed by atoms with Crippen LogP contribution in [0.5, 0.6) is 0 Å². The lowest BCUT2D eigenvalue weighted by Gasteiger charge is -2.33. The Hall–Kier alpha value is -0.990. The number of aromatic nitrogens is 2. The van der Waals surface area contributed by atoms with E-state index >= 15 is 0 Å². The Morgan fingerprint density at radius 1 is 1.29 bits per heavy atom.